The summed E-state index contributed by atoms with van der Waals surface area (Å²) < 4.78 is 7.55. The molecule has 0 spiro atoms. The molecule has 2 amide bonds. The first-order chi connectivity index (χ1) is 10.3. The molecule has 1 aliphatic carbocycles. The highest BCUT2D eigenvalue weighted by atomic mass is 16.5. The standard InChI is InChI=1S/C15H24N4O2/c20-15(17-12-5-1-2-6-12)18-13-9-16-19(10-13)11-14-7-3-4-8-21-14/h9-10,12,14H,1-8,11H2,(H2,17,18,20). The van der Waals surface area contributed by atoms with Crippen LogP contribution in [0.5, 0.6) is 0 Å². The Kier molecular flexibility index (Phi) is 4.75. The molecule has 0 aromatic carbocycles. The summed E-state index contributed by atoms with van der Waals surface area (Å²) in [4.78, 5) is 11.9. The second kappa shape index (κ2) is 6.93. The third-order valence-electron chi connectivity index (χ3n) is 4.25. The molecule has 1 aromatic heterocycles. The van der Waals surface area contributed by atoms with Crippen molar-refractivity contribution >= 4 is 11.7 Å². The van der Waals surface area contributed by atoms with Crippen molar-refractivity contribution in [3.05, 3.63) is 12.4 Å². The molecule has 6 nitrogen and oxygen atoms in total. The van der Waals surface area contributed by atoms with Crippen molar-refractivity contribution in [1.82, 2.24) is 15.1 Å². The Morgan fingerprint density at radius 2 is 2.10 bits per heavy atom. The number of aromatic nitrogens is 2. The maximum absolute atomic E-state index is 11.9. The number of carbonyl (C=O) groups is 1. The van der Waals surface area contributed by atoms with Crippen molar-refractivity contribution in [3.63, 3.8) is 0 Å². The van der Waals surface area contributed by atoms with Gasteiger partial charge >= 0.3 is 6.03 Å². The molecule has 1 saturated heterocycles. The average molecular weight is 292 g/mol. The van der Waals surface area contributed by atoms with Crippen molar-refractivity contribution in [2.75, 3.05) is 11.9 Å². The lowest BCUT2D eigenvalue weighted by Crippen LogP contribution is -2.36. The van der Waals surface area contributed by atoms with Crippen molar-refractivity contribution in [2.45, 2.75) is 63.6 Å². The van der Waals surface area contributed by atoms with Gasteiger partial charge in [-0.25, -0.2) is 4.79 Å². The van der Waals surface area contributed by atoms with Gasteiger partial charge in [-0.05, 0) is 32.1 Å². The first-order valence-electron chi connectivity index (χ1n) is 8.01. The van der Waals surface area contributed by atoms with E-state index in [1.165, 1.54) is 19.3 Å². The maximum atomic E-state index is 11.9. The van der Waals surface area contributed by atoms with Crippen LogP contribution in [0, 0.1) is 0 Å². The van der Waals surface area contributed by atoms with E-state index in [-0.39, 0.29) is 12.1 Å². The van der Waals surface area contributed by atoms with Crippen LogP contribution in [0.25, 0.3) is 0 Å². The Morgan fingerprint density at radius 1 is 1.29 bits per heavy atom. The van der Waals surface area contributed by atoms with Gasteiger partial charge in [-0.2, -0.15) is 5.10 Å². The zero-order valence-corrected chi connectivity index (χ0v) is 12.4. The Bertz CT molecular complexity index is 462. The van der Waals surface area contributed by atoms with Crippen LogP contribution < -0.4 is 10.6 Å². The summed E-state index contributed by atoms with van der Waals surface area (Å²) in [5, 5.41) is 10.1. The number of hydrogen-bond donors (Lipinski definition) is 2. The molecule has 2 aliphatic rings. The van der Waals surface area contributed by atoms with Crippen LogP contribution in [0.3, 0.4) is 0 Å². The van der Waals surface area contributed by atoms with Gasteiger partial charge in [0.1, 0.15) is 0 Å². The predicted octanol–water partition coefficient (Wildman–Crippen LogP) is 2.52. The molecule has 1 atom stereocenters. The van der Waals surface area contributed by atoms with E-state index in [9.17, 15) is 4.79 Å². The molecule has 0 bridgehead atoms. The van der Waals surface area contributed by atoms with Gasteiger partial charge in [-0.15, -0.1) is 0 Å². The fraction of sp³-hybridized carbons (Fsp3) is 0.733. The molecule has 0 radical (unpaired) electrons. The summed E-state index contributed by atoms with van der Waals surface area (Å²) in [5.74, 6) is 0. The molecule has 2 N–H and O–H groups in total. The zero-order chi connectivity index (χ0) is 14.5. The monoisotopic (exact) mass is 292 g/mol. The Hall–Kier alpha value is -1.56. The number of nitrogens with zero attached hydrogens (tertiary/aromatic N) is 2. The third kappa shape index (κ3) is 4.20. The lowest BCUT2D eigenvalue weighted by Gasteiger charge is -2.22. The van der Waals surface area contributed by atoms with Gasteiger partial charge < -0.3 is 15.4 Å². The lowest BCUT2D eigenvalue weighted by atomic mass is 10.1. The summed E-state index contributed by atoms with van der Waals surface area (Å²) >= 11 is 0. The fourth-order valence-corrected chi connectivity index (χ4v) is 3.11. The second-order valence-corrected chi connectivity index (χ2v) is 6.02. The molecule has 1 aliphatic heterocycles. The maximum Gasteiger partial charge on any atom is 0.319 e. The van der Waals surface area contributed by atoms with Crippen molar-refractivity contribution in [1.29, 1.82) is 0 Å². The summed E-state index contributed by atoms with van der Waals surface area (Å²) in [7, 11) is 0. The van der Waals surface area contributed by atoms with E-state index >= 15 is 0 Å². The van der Waals surface area contributed by atoms with E-state index in [2.05, 4.69) is 15.7 Å². The van der Waals surface area contributed by atoms with Gasteiger partial charge in [0.2, 0.25) is 0 Å². The highest BCUT2D eigenvalue weighted by Gasteiger charge is 2.18. The molecule has 6 heteroatoms. The minimum Gasteiger partial charge on any atom is -0.376 e. The van der Waals surface area contributed by atoms with Gasteiger partial charge in [0.25, 0.3) is 0 Å². The van der Waals surface area contributed by atoms with Crippen molar-refractivity contribution < 1.29 is 9.53 Å². The fourth-order valence-electron chi connectivity index (χ4n) is 3.11. The molecular weight excluding hydrogens is 268 g/mol. The molecule has 1 unspecified atom stereocenters. The Balaban J connectivity index is 1.46. The predicted molar refractivity (Wildman–Crippen MR) is 80.2 cm³/mol. The van der Waals surface area contributed by atoms with E-state index in [0.29, 0.717) is 6.04 Å². The highest BCUT2D eigenvalue weighted by Crippen LogP contribution is 2.18. The Labute approximate surface area is 125 Å². The summed E-state index contributed by atoms with van der Waals surface area (Å²) in [6.45, 7) is 1.60. The Morgan fingerprint density at radius 3 is 2.86 bits per heavy atom. The number of amides is 2. The van der Waals surface area contributed by atoms with E-state index in [1.54, 1.807) is 6.20 Å². The molecular formula is C15H24N4O2. The van der Waals surface area contributed by atoms with E-state index < -0.39 is 0 Å². The number of nitrogens with one attached hydrogen (secondary N) is 2. The molecule has 116 valence electrons. The van der Waals surface area contributed by atoms with E-state index in [1.807, 2.05) is 10.9 Å². The highest BCUT2D eigenvalue weighted by molar-refractivity contribution is 5.89. The van der Waals surface area contributed by atoms with Gasteiger partial charge in [-0.1, -0.05) is 12.8 Å². The van der Waals surface area contributed by atoms with Gasteiger partial charge in [0, 0.05) is 18.8 Å². The quantitative estimate of drug-likeness (QED) is 0.896. The summed E-state index contributed by atoms with van der Waals surface area (Å²) in [6.07, 6.45) is 11.9. The van der Waals surface area contributed by atoms with Crippen molar-refractivity contribution in [2.24, 2.45) is 0 Å². The van der Waals surface area contributed by atoms with Crippen LogP contribution in [-0.4, -0.2) is 34.6 Å². The number of ether oxygens (including phenoxy) is 1. The summed E-state index contributed by atoms with van der Waals surface area (Å²) in [5.41, 5.74) is 0.737. The van der Waals surface area contributed by atoms with Crippen LogP contribution in [0.4, 0.5) is 10.5 Å². The minimum absolute atomic E-state index is 0.129. The largest absolute Gasteiger partial charge is 0.376 e. The van der Waals surface area contributed by atoms with Crippen molar-refractivity contribution in [3.8, 4) is 0 Å². The van der Waals surface area contributed by atoms with E-state index in [0.717, 1.165) is 44.5 Å². The van der Waals surface area contributed by atoms with Gasteiger partial charge in [0.05, 0.1) is 24.5 Å². The smallest absolute Gasteiger partial charge is 0.319 e. The molecule has 1 saturated carbocycles. The van der Waals surface area contributed by atoms with Crippen LogP contribution >= 0.6 is 0 Å². The molecule has 21 heavy (non-hydrogen) atoms. The number of carbonyl (C=O) groups excluding carboxylic acids is 1. The topological polar surface area (TPSA) is 68.2 Å². The summed E-state index contributed by atoms with van der Waals surface area (Å²) in [6, 6.07) is 0.200. The van der Waals surface area contributed by atoms with Crippen LogP contribution in [-0.2, 0) is 11.3 Å². The third-order valence-corrected chi connectivity index (χ3v) is 4.25. The average Bonchev–Trinajstić information content (AvgIpc) is 3.12. The molecule has 1 aromatic rings. The van der Waals surface area contributed by atoms with Crippen LogP contribution in [0.15, 0.2) is 12.4 Å². The van der Waals surface area contributed by atoms with Gasteiger partial charge in [0.15, 0.2) is 0 Å². The number of urea groups is 1. The van der Waals surface area contributed by atoms with E-state index in [4.69, 9.17) is 4.74 Å². The van der Waals surface area contributed by atoms with Crippen LogP contribution in [0.1, 0.15) is 44.9 Å². The normalized spacial score (nSPS) is 23.1. The number of rotatable bonds is 4. The SMILES string of the molecule is O=C(Nc1cnn(CC2CCCCO2)c1)NC1CCCC1. The molecule has 2 heterocycles. The van der Waals surface area contributed by atoms with Gasteiger partial charge in [-0.3, -0.25) is 4.68 Å². The minimum atomic E-state index is -0.129. The number of hydrogen-bond acceptors (Lipinski definition) is 3. The second-order valence-electron chi connectivity index (χ2n) is 6.02. The first kappa shape index (κ1) is 14.4. The zero-order valence-electron chi connectivity index (χ0n) is 12.4. The number of anilines is 1. The molecule has 3 rings (SSSR count). The lowest BCUT2D eigenvalue weighted by molar-refractivity contribution is 0.00401. The molecule has 2 fully saturated rings. The van der Waals surface area contributed by atoms with Crippen LogP contribution in [0.2, 0.25) is 0 Å². The first-order valence-corrected chi connectivity index (χ1v) is 8.01.